The molecular formula is C18H17BrN2O2. The van der Waals surface area contributed by atoms with E-state index in [1.165, 1.54) is 10.5 Å². The normalized spacial score (nSPS) is 17.7. The Balaban J connectivity index is 1.84. The van der Waals surface area contributed by atoms with Gasteiger partial charge in [-0.3, -0.25) is 9.59 Å². The van der Waals surface area contributed by atoms with Gasteiger partial charge in [0.1, 0.15) is 6.04 Å². The maximum absolute atomic E-state index is 12.6. The van der Waals surface area contributed by atoms with Gasteiger partial charge in [0.05, 0.1) is 12.1 Å². The van der Waals surface area contributed by atoms with Crippen LogP contribution in [0.5, 0.6) is 0 Å². The molecule has 1 N–H and O–H groups in total. The third-order valence-electron chi connectivity index (χ3n) is 4.09. The summed E-state index contributed by atoms with van der Waals surface area (Å²) in [4.78, 5) is 26.2. The minimum atomic E-state index is -0.531. The molecule has 23 heavy (non-hydrogen) atoms. The summed E-state index contributed by atoms with van der Waals surface area (Å²) in [5, 5.41) is 3.18. The van der Waals surface area contributed by atoms with Gasteiger partial charge in [0.15, 0.2) is 0 Å². The van der Waals surface area contributed by atoms with Crippen LogP contribution in [-0.2, 0) is 9.59 Å². The number of imide groups is 1. The number of rotatable bonds is 3. The monoisotopic (exact) mass is 372 g/mol. The Morgan fingerprint density at radius 3 is 2.52 bits per heavy atom. The summed E-state index contributed by atoms with van der Waals surface area (Å²) in [7, 11) is 0. The van der Waals surface area contributed by atoms with Crippen molar-refractivity contribution in [3.8, 4) is 0 Å². The van der Waals surface area contributed by atoms with E-state index in [0.29, 0.717) is 5.69 Å². The molecule has 2 amide bonds. The fourth-order valence-electron chi connectivity index (χ4n) is 2.66. The predicted molar refractivity (Wildman–Crippen MR) is 94.6 cm³/mol. The summed E-state index contributed by atoms with van der Waals surface area (Å²) in [5.74, 6) is -0.414. The van der Waals surface area contributed by atoms with Gasteiger partial charge in [-0.2, -0.15) is 0 Å². The van der Waals surface area contributed by atoms with Gasteiger partial charge < -0.3 is 5.32 Å². The first-order valence-corrected chi connectivity index (χ1v) is 8.22. The number of aryl methyl sites for hydroxylation is 2. The van der Waals surface area contributed by atoms with Crippen molar-refractivity contribution in [1.82, 2.24) is 0 Å². The highest BCUT2D eigenvalue weighted by molar-refractivity contribution is 9.10. The van der Waals surface area contributed by atoms with E-state index in [1.807, 2.05) is 50.2 Å². The summed E-state index contributed by atoms with van der Waals surface area (Å²) >= 11 is 3.40. The molecule has 0 aliphatic carbocycles. The lowest BCUT2D eigenvalue weighted by Crippen LogP contribution is -2.35. The number of hydrogen-bond donors (Lipinski definition) is 1. The largest absolute Gasteiger partial charge is 0.373 e. The fourth-order valence-corrected chi connectivity index (χ4v) is 3.13. The number of hydrogen-bond acceptors (Lipinski definition) is 3. The third-order valence-corrected chi connectivity index (χ3v) is 4.76. The highest BCUT2D eigenvalue weighted by atomic mass is 79.9. The molecule has 118 valence electrons. The first-order chi connectivity index (χ1) is 11.0. The number of carbonyl (C=O) groups excluding carboxylic acids is 2. The van der Waals surface area contributed by atoms with Crippen molar-refractivity contribution in [3.63, 3.8) is 0 Å². The smallest absolute Gasteiger partial charge is 0.256 e. The van der Waals surface area contributed by atoms with Crippen LogP contribution in [0.4, 0.5) is 11.4 Å². The molecule has 0 aromatic heterocycles. The number of anilines is 2. The van der Waals surface area contributed by atoms with E-state index < -0.39 is 6.04 Å². The molecule has 1 aliphatic heterocycles. The van der Waals surface area contributed by atoms with Gasteiger partial charge in [-0.05, 0) is 65.2 Å². The molecule has 1 saturated heterocycles. The van der Waals surface area contributed by atoms with Crippen LogP contribution < -0.4 is 10.2 Å². The molecular weight excluding hydrogens is 356 g/mol. The molecule has 2 aromatic carbocycles. The summed E-state index contributed by atoms with van der Waals surface area (Å²) in [6, 6.07) is 12.6. The molecule has 1 aliphatic rings. The zero-order valence-electron chi connectivity index (χ0n) is 13.0. The lowest BCUT2D eigenvalue weighted by Gasteiger charge is -2.17. The SMILES string of the molecule is Cc1ccc(N[C@H]2CC(=O)N(c3ccccc3Br)C2=O)cc1C. The first-order valence-electron chi connectivity index (χ1n) is 7.42. The summed E-state index contributed by atoms with van der Waals surface area (Å²) < 4.78 is 0.730. The van der Waals surface area contributed by atoms with E-state index in [0.717, 1.165) is 15.7 Å². The number of amides is 2. The summed E-state index contributed by atoms with van der Waals surface area (Å²) in [6.07, 6.45) is 0.160. The predicted octanol–water partition coefficient (Wildman–Crippen LogP) is 3.81. The zero-order chi connectivity index (χ0) is 16.6. The molecule has 0 saturated carbocycles. The van der Waals surface area contributed by atoms with Gasteiger partial charge in [0.25, 0.3) is 5.91 Å². The average molecular weight is 373 g/mol. The van der Waals surface area contributed by atoms with Crippen molar-refractivity contribution in [1.29, 1.82) is 0 Å². The molecule has 3 rings (SSSR count). The summed E-state index contributed by atoms with van der Waals surface area (Å²) in [6.45, 7) is 4.06. The van der Waals surface area contributed by atoms with Crippen LogP contribution in [0.3, 0.4) is 0 Å². The number of para-hydroxylation sites is 1. The third kappa shape index (κ3) is 3.01. The van der Waals surface area contributed by atoms with Gasteiger partial charge in [-0.25, -0.2) is 4.90 Å². The van der Waals surface area contributed by atoms with Crippen LogP contribution in [-0.4, -0.2) is 17.9 Å². The Kier molecular flexibility index (Phi) is 4.22. The number of nitrogens with zero attached hydrogens (tertiary/aromatic N) is 1. The van der Waals surface area contributed by atoms with Crippen molar-refractivity contribution in [2.24, 2.45) is 0 Å². The second kappa shape index (κ2) is 6.16. The van der Waals surface area contributed by atoms with Gasteiger partial charge in [0, 0.05) is 10.2 Å². The first kappa shape index (κ1) is 15.7. The lowest BCUT2D eigenvalue weighted by molar-refractivity contribution is -0.121. The lowest BCUT2D eigenvalue weighted by atomic mass is 10.1. The highest BCUT2D eigenvalue weighted by Crippen LogP contribution is 2.31. The number of benzene rings is 2. The van der Waals surface area contributed by atoms with Crippen molar-refractivity contribution in [3.05, 3.63) is 58.1 Å². The van der Waals surface area contributed by atoms with E-state index in [1.54, 1.807) is 6.07 Å². The Labute approximate surface area is 143 Å². The Hall–Kier alpha value is -2.14. The summed E-state index contributed by atoms with van der Waals surface area (Å²) in [5.41, 5.74) is 3.79. The molecule has 4 nitrogen and oxygen atoms in total. The Bertz CT molecular complexity index is 788. The molecule has 5 heteroatoms. The Morgan fingerprint density at radius 2 is 1.83 bits per heavy atom. The van der Waals surface area contributed by atoms with E-state index >= 15 is 0 Å². The van der Waals surface area contributed by atoms with E-state index in [2.05, 4.69) is 21.2 Å². The van der Waals surface area contributed by atoms with E-state index in [4.69, 9.17) is 0 Å². The van der Waals surface area contributed by atoms with Crippen molar-refractivity contribution >= 4 is 39.1 Å². The van der Waals surface area contributed by atoms with Crippen LogP contribution in [0.1, 0.15) is 17.5 Å². The Morgan fingerprint density at radius 1 is 1.09 bits per heavy atom. The van der Waals surface area contributed by atoms with Crippen molar-refractivity contribution in [2.75, 3.05) is 10.2 Å². The molecule has 1 atom stereocenters. The molecule has 0 bridgehead atoms. The molecule has 1 heterocycles. The molecule has 1 fully saturated rings. The van der Waals surface area contributed by atoms with Crippen molar-refractivity contribution in [2.45, 2.75) is 26.3 Å². The van der Waals surface area contributed by atoms with Gasteiger partial charge in [-0.1, -0.05) is 18.2 Å². The second-order valence-corrected chi connectivity index (χ2v) is 6.57. The van der Waals surface area contributed by atoms with Crippen LogP contribution in [0.2, 0.25) is 0 Å². The van der Waals surface area contributed by atoms with Crippen LogP contribution in [0, 0.1) is 13.8 Å². The molecule has 0 unspecified atom stereocenters. The minimum absolute atomic E-state index is 0.160. The van der Waals surface area contributed by atoms with Gasteiger partial charge in [-0.15, -0.1) is 0 Å². The second-order valence-electron chi connectivity index (χ2n) is 5.72. The zero-order valence-corrected chi connectivity index (χ0v) is 14.6. The maximum Gasteiger partial charge on any atom is 0.256 e. The quantitative estimate of drug-likeness (QED) is 0.833. The van der Waals surface area contributed by atoms with E-state index in [9.17, 15) is 9.59 Å². The number of nitrogens with one attached hydrogen (secondary N) is 1. The molecule has 0 radical (unpaired) electrons. The average Bonchev–Trinajstić information content (AvgIpc) is 2.78. The van der Waals surface area contributed by atoms with E-state index in [-0.39, 0.29) is 18.2 Å². The standard InChI is InChI=1S/C18H17BrN2O2/c1-11-7-8-13(9-12(11)2)20-15-10-17(22)21(18(15)23)16-6-4-3-5-14(16)19/h3-9,15,20H,10H2,1-2H3/t15-/m0/s1. The maximum atomic E-state index is 12.6. The van der Waals surface area contributed by atoms with Crippen LogP contribution in [0.15, 0.2) is 46.9 Å². The fraction of sp³-hybridized carbons (Fsp3) is 0.222. The highest BCUT2D eigenvalue weighted by Gasteiger charge is 2.40. The number of halogens is 1. The van der Waals surface area contributed by atoms with Crippen LogP contribution in [0.25, 0.3) is 0 Å². The van der Waals surface area contributed by atoms with Gasteiger partial charge in [0.2, 0.25) is 5.91 Å². The van der Waals surface area contributed by atoms with Crippen molar-refractivity contribution < 1.29 is 9.59 Å². The molecule has 0 spiro atoms. The molecule has 2 aromatic rings. The minimum Gasteiger partial charge on any atom is -0.373 e. The topological polar surface area (TPSA) is 49.4 Å². The van der Waals surface area contributed by atoms with Gasteiger partial charge >= 0.3 is 0 Å². The number of carbonyl (C=O) groups is 2. The van der Waals surface area contributed by atoms with Crippen LogP contribution >= 0.6 is 15.9 Å².